The van der Waals surface area contributed by atoms with Gasteiger partial charge in [0.2, 0.25) is 0 Å². The molecule has 0 radical (unpaired) electrons. The minimum absolute atomic E-state index is 0.0745. The zero-order chi connectivity index (χ0) is 13.6. The van der Waals surface area contributed by atoms with E-state index in [0.717, 1.165) is 15.8 Å². The molecule has 1 aromatic heterocycles. The summed E-state index contributed by atoms with van der Waals surface area (Å²) in [5.41, 5.74) is 0.127. The topological polar surface area (TPSA) is 12.9 Å². The van der Waals surface area contributed by atoms with E-state index < -0.39 is 11.6 Å². The third kappa shape index (κ3) is 2.51. The minimum Gasteiger partial charge on any atom is -0.241 e. The first-order chi connectivity index (χ1) is 8.19. The molecule has 0 N–H and O–H groups in total. The molecule has 0 saturated heterocycles. The number of nitrogens with zero attached hydrogens (tertiary/aromatic N) is 1. The van der Waals surface area contributed by atoms with Gasteiger partial charge < -0.3 is 0 Å². The molecule has 0 aliphatic carbocycles. The number of thiazole rings is 1. The number of aromatic nitrogens is 1. The molecule has 0 aliphatic rings. The molecule has 2 aromatic rings. The van der Waals surface area contributed by atoms with Crippen LogP contribution in [-0.4, -0.2) is 11.2 Å². The van der Waals surface area contributed by atoms with Gasteiger partial charge in [-0.05, 0) is 24.6 Å². The van der Waals surface area contributed by atoms with Crippen molar-refractivity contribution >= 4 is 21.6 Å². The van der Waals surface area contributed by atoms with Crippen LogP contribution in [0.3, 0.4) is 0 Å². The Morgan fingerprint density at radius 2 is 1.89 bits per heavy atom. The number of alkyl halides is 3. The third-order valence-electron chi connectivity index (χ3n) is 2.95. The maximum Gasteiger partial charge on any atom is 0.394 e. The second kappa shape index (κ2) is 4.23. The van der Waals surface area contributed by atoms with Gasteiger partial charge in [-0.25, -0.2) is 4.98 Å². The number of halogens is 3. The fourth-order valence-electron chi connectivity index (χ4n) is 1.63. The van der Waals surface area contributed by atoms with Crippen molar-refractivity contribution < 1.29 is 13.2 Å². The second-order valence-electron chi connectivity index (χ2n) is 5.14. The SMILES string of the molecule is Cc1ccc2nc(CC(C)(C)C(F)(F)F)sc2c1. The molecule has 5 heteroatoms. The molecule has 98 valence electrons. The molecule has 0 spiro atoms. The summed E-state index contributed by atoms with van der Waals surface area (Å²) >= 11 is 1.34. The van der Waals surface area contributed by atoms with Crippen LogP contribution in [0.5, 0.6) is 0 Å². The van der Waals surface area contributed by atoms with E-state index in [1.807, 2.05) is 25.1 Å². The Labute approximate surface area is 108 Å². The van der Waals surface area contributed by atoms with Gasteiger partial charge in [-0.3, -0.25) is 0 Å². The van der Waals surface area contributed by atoms with E-state index in [1.54, 1.807) is 0 Å². The number of hydrogen-bond donors (Lipinski definition) is 0. The van der Waals surface area contributed by atoms with Crippen molar-refractivity contribution in [1.29, 1.82) is 0 Å². The smallest absolute Gasteiger partial charge is 0.241 e. The van der Waals surface area contributed by atoms with Gasteiger partial charge in [0.05, 0.1) is 20.6 Å². The van der Waals surface area contributed by atoms with Crippen molar-refractivity contribution in [2.75, 3.05) is 0 Å². The highest BCUT2D eigenvalue weighted by Crippen LogP contribution is 2.41. The van der Waals surface area contributed by atoms with Crippen LogP contribution in [0.4, 0.5) is 13.2 Å². The molecule has 0 aliphatic heterocycles. The molecular formula is C13H14F3NS. The lowest BCUT2D eigenvalue weighted by molar-refractivity contribution is -0.211. The average molecular weight is 273 g/mol. The average Bonchev–Trinajstić information content (AvgIpc) is 2.56. The highest BCUT2D eigenvalue weighted by molar-refractivity contribution is 7.18. The van der Waals surface area contributed by atoms with E-state index in [4.69, 9.17) is 0 Å². The standard InChI is InChI=1S/C13H14F3NS/c1-8-4-5-9-10(6-8)18-11(17-9)7-12(2,3)13(14,15)16/h4-6H,7H2,1-3H3. The fraction of sp³-hybridized carbons (Fsp3) is 0.462. The van der Waals surface area contributed by atoms with Gasteiger partial charge in [0, 0.05) is 6.42 Å². The molecule has 0 unspecified atom stereocenters. The molecule has 0 saturated carbocycles. The Morgan fingerprint density at radius 3 is 2.50 bits per heavy atom. The van der Waals surface area contributed by atoms with Crippen molar-refractivity contribution in [1.82, 2.24) is 4.98 Å². The van der Waals surface area contributed by atoms with Gasteiger partial charge in [0.1, 0.15) is 0 Å². The third-order valence-corrected chi connectivity index (χ3v) is 3.97. The molecular weight excluding hydrogens is 259 g/mol. The highest BCUT2D eigenvalue weighted by atomic mass is 32.1. The molecule has 0 bridgehead atoms. The van der Waals surface area contributed by atoms with E-state index in [9.17, 15) is 13.2 Å². The van der Waals surface area contributed by atoms with Crippen LogP contribution in [0, 0.1) is 12.3 Å². The Hall–Kier alpha value is -1.10. The summed E-state index contributed by atoms with van der Waals surface area (Å²) in [5, 5.41) is 0.540. The molecule has 1 heterocycles. The fourth-order valence-corrected chi connectivity index (χ4v) is 2.93. The molecule has 2 rings (SSSR count). The Balaban J connectivity index is 2.33. The van der Waals surface area contributed by atoms with Crippen molar-refractivity contribution in [3.63, 3.8) is 0 Å². The number of fused-ring (bicyclic) bond motifs is 1. The first kappa shape index (κ1) is 13.3. The summed E-state index contributed by atoms with van der Waals surface area (Å²) in [6, 6.07) is 5.73. The summed E-state index contributed by atoms with van der Waals surface area (Å²) in [5.74, 6) is 0. The minimum atomic E-state index is -4.21. The molecule has 1 nitrogen and oxygen atoms in total. The number of benzene rings is 1. The second-order valence-corrected chi connectivity index (χ2v) is 6.25. The van der Waals surface area contributed by atoms with E-state index >= 15 is 0 Å². The lowest BCUT2D eigenvalue weighted by atomic mass is 9.89. The monoisotopic (exact) mass is 273 g/mol. The first-order valence-electron chi connectivity index (χ1n) is 5.62. The van der Waals surface area contributed by atoms with Gasteiger partial charge >= 0.3 is 6.18 Å². The Kier molecular flexibility index (Phi) is 3.13. The summed E-state index contributed by atoms with van der Waals surface area (Å²) in [7, 11) is 0. The predicted octanol–water partition coefficient (Wildman–Crippen LogP) is 4.74. The van der Waals surface area contributed by atoms with E-state index in [2.05, 4.69) is 4.98 Å². The van der Waals surface area contributed by atoms with Crippen LogP contribution in [0.15, 0.2) is 18.2 Å². The van der Waals surface area contributed by atoms with Crippen molar-refractivity contribution in [2.24, 2.45) is 5.41 Å². The van der Waals surface area contributed by atoms with Crippen LogP contribution in [0.25, 0.3) is 10.2 Å². The van der Waals surface area contributed by atoms with Crippen LogP contribution >= 0.6 is 11.3 Å². The van der Waals surface area contributed by atoms with Gasteiger partial charge in [-0.1, -0.05) is 19.9 Å². The lowest BCUT2D eigenvalue weighted by Crippen LogP contribution is -2.34. The van der Waals surface area contributed by atoms with E-state index in [-0.39, 0.29) is 6.42 Å². The van der Waals surface area contributed by atoms with Gasteiger partial charge in [-0.15, -0.1) is 11.3 Å². The molecule has 0 amide bonds. The highest BCUT2D eigenvalue weighted by Gasteiger charge is 2.47. The molecule has 1 aromatic carbocycles. The Bertz CT molecular complexity index is 569. The number of rotatable bonds is 2. The van der Waals surface area contributed by atoms with Crippen LogP contribution in [0.1, 0.15) is 24.4 Å². The maximum atomic E-state index is 12.8. The predicted molar refractivity (Wildman–Crippen MR) is 67.9 cm³/mol. The van der Waals surface area contributed by atoms with Crippen LogP contribution < -0.4 is 0 Å². The van der Waals surface area contributed by atoms with Gasteiger partial charge in [0.15, 0.2) is 0 Å². The van der Waals surface area contributed by atoms with E-state index in [0.29, 0.717) is 5.01 Å². The van der Waals surface area contributed by atoms with E-state index in [1.165, 1.54) is 25.2 Å². The van der Waals surface area contributed by atoms with Gasteiger partial charge in [-0.2, -0.15) is 13.2 Å². The number of aryl methyl sites for hydroxylation is 1. The summed E-state index contributed by atoms with van der Waals surface area (Å²) in [6.45, 7) is 4.38. The summed E-state index contributed by atoms with van der Waals surface area (Å²) < 4.78 is 39.4. The normalized spacial score (nSPS) is 13.2. The van der Waals surface area contributed by atoms with Crippen molar-refractivity contribution in [2.45, 2.75) is 33.4 Å². The maximum absolute atomic E-state index is 12.8. The summed E-state index contributed by atoms with van der Waals surface area (Å²) in [6.07, 6.45) is -4.28. The quantitative estimate of drug-likeness (QED) is 0.770. The lowest BCUT2D eigenvalue weighted by Gasteiger charge is -2.26. The molecule has 0 fully saturated rings. The zero-order valence-electron chi connectivity index (χ0n) is 10.4. The van der Waals surface area contributed by atoms with Crippen LogP contribution in [-0.2, 0) is 6.42 Å². The Morgan fingerprint density at radius 1 is 1.22 bits per heavy atom. The van der Waals surface area contributed by atoms with Crippen molar-refractivity contribution in [3.8, 4) is 0 Å². The van der Waals surface area contributed by atoms with Crippen LogP contribution in [0.2, 0.25) is 0 Å². The summed E-state index contributed by atoms with van der Waals surface area (Å²) in [4.78, 5) is 4.27. The molecule has 0 atom stereocenters. The first-order valence-corrected chi connectivity index (χ1v) is 6.43. The molecule has 18 heavy (non-hydrogen) atoms. The van der Waals surface area contributed by atoms with Gasteiger partial charge in [0.25, 0.3) is 0 Å². The number of hydrogen-bond acceptors (Lipinski definition) is 2. The largest absolute Gasteiger partial charge is 0.394 e. The zero-order valence-corrected chi connectivity index (χ0v) is 11.2. The van der Waals surface area contributed by atoms with Crippen molar-refractivity contribution in [3.05, 3.63) is 28.8 Å².